The zero-order valence-electron chi connectivity index (χ0n) is 18.7. The van der Waals surface area contributed by atoms with E-state index >= 15 is 0 Å². The van der Waals surface area contributed by atoms with Crippen molar-refractivity contribution in [3.63, 3.8) is 0 Å². The molecule has 11 heteroatoms. The first-order valence-electron chi connectivity index (χ1n) is 10.9. The minimum Gasteiger partial charge on any atom is -0.365 e. The number of aromatic amines is 1. The summed E-state index contributed by atoms with van der Waals surface area (Å²) < 4.78 is 30.9. The number of benzene rings is 1. The number of carbonyl (C=O) groups is 1. The summed E-state index contributed by atoms with van der Waals surface area (Å²) in [4.78, 5) is 34.6. The molecule has 4 aromatic rings. The van der Waals surface area contributed by atoms with Gasteiger partial charge in [0.05, 0.1) is 22.9 Å². The molecule has 1 aliphatic rings. The maximum absolute atomic E-state index is 15.0. The average molecular weight is 467 g/mol. The first kappa shape index (κ1) is 22.0. The summed E-state index contributed by atoms with van der Waals surface area (Å²) in [5.74, 6) is -1.52. The van der Waals surface area contributed by atoms with Gasteiger partial charge in [-0.15, -0.1) is 0 Å². The molecule has 1 aliphatic heterocycles. The molecule has 3 aromatic heterocycles. The number of piperazine rings is 1. The predicted molar refractivity (Wildman–Crippen MR) is 123 cm³/mol. The van der Waals surface area contributed by atoms with E-state index in [0.29, 0.717) is 60.5 Å². The largest absolute Gasteiger partial charge is 0.365 e. The monoisotopic (exact) mass is 467 g/mol. The van der Waals surface area contributed by atoms with Gasteiger partial charge in [-0.3, -0.25) is 14.5 Å². The number of halogens is 2. The molecule has 0 atom stereocenters. The zero-order chi connectivity index (χ0) is 24.0. The molecule has 176 valence electrons. The minimum absolute atomic E-state index is 0.0229. The van der Waals surface area contributed by atoms with Gasteiger partial charge < -0.3 is 15.2 Å². The number of nitrogens with one attached hydrogen (secondary N) is 2. The predicted octanol–water partition coefficient (Wildman–Crippen LogP) is 1.84. The van der Waals surface area contributed by atoms with E-state index in [0.717, 1.165) is 5.56 Å². The first-order valence-corrected chi connectivity index (χ1v) is 10.9. The van der Waals surface area contributed by atoms with Crippen LogP contribution in [0.2, 0.25) is 0 Å². The number of hydrogen-bond acceptors (Lipinski definition) is 6. The Morgan fingerprint density at radius 1 is 1.18 bits per heavy atom. The Hall–Kier alpha value is -3.86. The lowest BCUT2D eigenvalue weighted by Crippen LogP contribution is -2.46. The molecular formula is C23H23F2N7O2. The third-order valence-corrected chi connectivity index (χ3v) is 6.20. The number of anilines is 1. The van der Waals surface area contributed by atoms with Gasteiger partial charge in [0.15, 0.2) is 0 Å². The maximum atomic E-state index is 15.0. The van der Waals surface area contributed by atoms with E-state index in [4.69, 9.17) is 0 Å². The number of rotatable bonds is 4. The van der Waals surface area contributed by atoms with Gasteiger partial charge >= 0.3 is 0 Å². The van der Waals surface area contributed by atoms with E-state index in [1.807, 2.05) is 4.90 Å². The summed E-state index contributed by atoms with van der Waals surface area (Å²) in [5.41, 5.74) is 2.68. The Labute approximate surface area is 193 Å². The molecule has 1 saturated heterocycles. The Morgan fingerprint density at radius 2 is 1.94 bits per heavy atom. The van der Waals surface area contributed by atoms with Crippen molar-refractivity contribution in [1.82, 2.24) is 29.8 Å². The molecule has 1 amide bonds. The average Bonchev–Trinajstić information content (AvgIpc) is 3.22. The van der Waals surface area contributed by atoms with Gasteiger partial charge in [-0.2, -0.15) is 9.49 Å². The lowest BCUT2D eigenvalue weighted by Gasteiger charge is -2.36. The molecule has 1 fully saturated rings. The van der Waals surface area contributed by atoms with Crippen molar-refractivity contribution in [2.75, 3.05) is 38.1 Å². The number of fused-ring (bicyclic) bond motifs is 3. The standard InChI is InChI=1S/C23H23F2N7O2/c1-13-11-27-32-19-10-15(24)14(9-17(19)29-23(34)20(13)32)12-30-5-7-31(8-6-30)18-4-3-16(22(33)26-2)28-21(18)25/h3-4,9-11H,5-8,12H2,1-2H3,(H,26,33)(H,29,34). The van der Waals surface area contributed by atoms with Gasteiger partial charge in [0.25, 0.3) is 11.5 Å². The third kappa shape index (κ3) is 3.77. The van der Waals surface area contributed by atoms with Crippen molar-refractivity contribution in [2.24, 2.45) is 0 Å². The van der Waals surface area contributed by atoms with E-state index in [-0.39, 0.29) is 17.1 Å². The molecular weight excluding hydrogens is 444 g/mol. The second-order valence-electron chi connectivity index (χ2n) is 8.35. The smallest absolute Gasteiger partial charge is 0.274 e. The fourth-order valence-electron chi connectivity index (χ4n) is 4.38. The number of carbonyl (C=O) groups excluding carboxylic acids is 1. The molecule has 0 radical (unpaired) electrons. The van der Waals surface area contributed by atoms with Crippen LogP contribution in [-0.2, 0) is 6.54 Å². The van der Waals surface area contributed by atoms with Crippen molar-refractivity contribution in [1.29, 1.82) is 0 Å². The van der Waals surface area contributed by atoms with Crippen molar-refractivity contribution < 1.29 is 13.6 Å². The summed E-state index contributed by atoms with van der Waals surface area (Å²) >= 11 is 0. The van der Waals surface area contributed by atoms with Gasteiger partial charge in [0.1, 0.15) is 17.0 Å². The number of pyridine rings is 1. The second kappa shape index (κ2) is 8.49. The van der Waals surface area contributed by atoms with Crippen molar-refractivity contribution in [2.45, 2.75) is 13.5 Å². The quantitative estimate of drug-likeness (QED) is 0.445. The third-order valence-electron chi connectivity index (χ3n) is 6.20. The molecule has 1 aromatic carbocycles. The highest BCUT2D eigenvalue weighted by Crippen LogP contribution is 2.23. The Kier molecular flexibility index (Phi) is 5.48. The Balaban J connectivity index is 1.32. The fourth-order valence-corrected chi connectivity index (χ4v) is 4.38. The van der Waals surface area contributed by atoms with E-state index in [1.54, 1.807) is 25.3 Å². The Morgan fingerprint density at radius 3 is 2.65 bits per heavy atom. The minimum atomic E-state index is -0.695. The van der Waals surface area contributed by atoms with Crippen molar-refractivity contribution in [3.8, 4) is 0 Å². The molecule has 34 heavy (non-hydrogen) atoms. The summed E-state index contributed by atoms with van der Waals surface area (Å²) in [6.45, 7) is 4.36. The number of aromatic nitrogens is 4. The van der Waals surface area contributed by atoms with E-state index in [2.05, 4.69) is 25.3 Å². The van der Waals surface area contributed by atoms with Gasteiger partial charge in [-0.25, -0.2) is 13.9 Å². The van der Waals surface area contributed by atoms with Crippen molar-refractivity contribution >= 4 is 28.1 Å². The highest BCUT2D eigenvalue weighted by atomic mass is 19.1. The maximum Gasteiger partial charge on any atom is 0.274 e. The molecule has 9 nitrogen and oxygen atoms in total. The lowest BCUT2D eigenvalue weighted by molar-refractivity contribution is 0.0957. The lowest BCUT2D eigenvalue weighted by atomic mass is 10.1. The molecule has 0 spiro atoms. The molecule has 0 saturated carbocycles. The summed E-state index contributed by atoms with van der Waals surface area (Å²) in [6.07, 6.45) is 1.58. The van der Waals surface area contributed by atoms with E-state index in [1.165, 1.54) is 23.7 Å². The fraction of sp³-hybridized carbons (Fsp3) is 0.304. The van der Waals surface area contributed by atoms with Crippen LogP contribution >= 0.6 is 0 Å². The highest BCUT2D eigenvalue weighted by Gasteiger charge is 2.22. The van der Waals surface area contributed by atoms with Crippen LogP contribution in [0.1, 0.15) is 21.6 Å². The molecule has 4 heterocycles. The van der Waals surface area contributed by atoms with Crippen LogP contribution in [0.4, 0.5) is 14.5 Å². The van der Waals surface area contributed by atoms with Crippen LogP contribution in [0.15, 0.2) is 35.3 Å². The van der Waals surface area contributed by atoms with Gasteiger partial charge in [-0.05, 0) is 25.1 Å². The van der Waals surface area contributed by atoms with E-state index < -0.39 is 11.9 Å². The Bertz CT molecular complexity index is 1470. The molecule has 0 bridgehead atoms. The number of hydrogen-bond donors (Lipinski definition) is 2. The summed E-state index contributed by atoms with van der Waals surface area (Å²) in [5, 5.41) is 6.64. The number of aryl methyl sites for hydroxylation is 1. The molecule has 0 aliphatic carbocycles. The zero-order valence-corrected chi connectivity index (χ0v) is 18.7. The van der Waals surface area contributed by atoms with Crippen LogP contribution in [0.5, 0.6) is 0 Å². The van der Waals surface area contributed by atoms with Crippen molar-refractivity contribution in [3.05, 3.63) is 69.4 Å². The highest BCUT2D eigenvalue weighted by molar-refractivity contribution is 5.92. The van der Waals surface area contributed by atoms with Crippen LogP contribution in [0.25, 0.3) is 16.6 Å². The number of amides is 1. The number of H-pyrrole nitrogens is 1. The normalized spacial score (nSPS) is 14.8. The second-order valence-corrected chi connectivity index (χ2v) is 8.35. The number of nitrogens with zero attached hydrogens (tertiary/aromatic N) is 5. The molecule has 2 N–H and O–H groups in total. The van der Waals surface area contributed by atoms with Crippen LogP contribution in [-0.4, -0.2) is 63.6 Å². The van der Waals surface area contributed by atoms with Crippen LogP contribution < -0.4 is 15.8 Å². The summed E-state index contributed by atoms with van der Waals surface area (Å²) in [7, 11) is 1.46. The van der Waals surface area contributed by atoms with Gasteiger partial charge in [0.2, 0.25) is 5.95 Å². The molecule has 5 rings (SSSR count). The van der Waals surface area contributed by atoms with Crippen LogP contribution in [0.3, 0.4) is 0 Å². The van der Waals surface area contributed by atoms with E-state index in [9.17, 15) is 18.4 Å². The molecule has 0 unspecified atom stereocenters. The van der Waals surface area contributed by atoms with Crippen LogP contribution in [0, 0.1) is 18.7 Å². The topological polar surface area (TPSA) is 98.6 Å². The SMILES string of the molecule is CNC(=O)c1ccc(N2CCN(Cc3cc4[nH]c(=O)c5c(C)cnn5c4cc3F)CC2)c(F)n1. The first-order chi connectivity index (χ1) is 16.4. The summed E-state index contributed by atoms with van der Waals surface area (Å²) in [6, 6.07) is 6.09. The van der Waals surface area contributed by atoms with Gasteiger partial charge in [0, 0.05) is 57.0 Å². The van der Waals surface area contributed by atoms with Gasteiger partial charge in [-0.1, -0.05) is 0 Å².